The van der Waals surface area contributed by atoms with E-state index in [9.17, 15) is 0 Å². The Balaban J connectivity index is 2.02. The van der Waals surface area contributed by atoms with Gasteiger partial charge < -0.3 is 19.9 Å². The molecule has 0 radical (unpaired) electrons. The van der Waals surface area contributed by atoms with Gasteiger partial charge in [-0.1, -0.05) is 6.92 Å². The maximum absolute atomic E-state index is 8.93. The van der Waals surface area contributed by atoms with Crippen LogP contribution in [-0.2, 0) is 13.0 Å². The van der Waals surface area contributed by atoms with Crippen LogP contribution < -0.4 is 14.8 Å². The maximum Gasteiger partial charge on any atom is 0.124 e. The second-order valence-electron chi connectivity index (χ2n) is 5.88. The van der Waals surface area contributed by atoms with Crippen molar-refractivity contribution in [1.82, 2.24) is 5.32 Å². The molecule has 2 atom stereocenters. The topological polar surface area (TPSA) is 50.7 Å². The van der Waals surface area contributed by atoms with Crippen LogP contribution in [-0.4, -0.2) is 31.0 Å². The molecule has 1 aromatic rings. The summed E-state index contributed by atoms with van der Waals surface area (Å²) in [5, 5.41) is 12.4. The standard InChI is InChI=1S/C17H27NO3/c1-4-20-16-8-14-7-13(3)21-17(14)9-15(16)11-18-10-12(2)5-6-19/h8-9,12-13,18-19H,4-7,10-11H2,1-3H3. The number of benzene rings is 1. The fourth-order valence-corrected chi connectivity index (χ4v) is 2.69. The highest BCUT2D eigenvalue weighted by Gasteiger charge is 2.21. The lowest BCUT2D eigenvalue weighted by molar-refractivity contribution is 0.254. The number of aliphatic hydroxyl groups is 1. The second kappa shape index (κ2) is 7.66. The predicted molar refractivity (Wildman–Crippen MR) is 84.0 cm³/mol. The molecule has 0 aromatic heterocycles. The summed E-state index contributed by atoms with van der Waals surface area (Å²) in [5.41, 5.74) is 2.38. The molecule has 1 aliphatic heterocycles. The summed E-state index contributed by atoms with van der Waals surface area (Å²) in [4.78, 5) is 0. The van der Waals surface area contributed by atoms with Gasteiger partial charge in [0.2, 0.25) is 0 Å². The predicted octanol–water partition coefficient (Wildman–Crippen LogP) is 2.52. The van der Waals surface area contributed by atoms with Crippen LogP contribution in [0.15, 0.2) is 12.1 Å². The molecule has 1 aliphatic rings. The zero-order chi connectivity index (χ0) is 15.2. The average molecular weight is 293 g/mol. The van der Waals surface area contributed by atoms with Crippen molar-refractivity contribution in [3.05, 3.63) is 23.3 Å². The average Bonchev–Trinajstić information content (AvgIpc) is 2.78. The van der Waals surface area contributed by atoms with Crippen molar-refractivity contribution in [1.29, 1.82) is 0 Å². The first kappa shape index (κ1) is 16.1. The first-order valence-corrected chi connectivity index (χ1v) is 7.90. The number of fused-ring (bicyclic) bond motifs is 1. The number of hydrogen-bond donors (Lipinski definition) is 2. The van der Waals surface area contributed by atoms with Crippen LogP contribution in [0.2, 0.25) is 0 Å². The smallest absolute Gasteiger partial charge is 0.124 e. The van der Waals surface area contributed by atoms with E-state index in [-0.39, 0.29) is 12.7 Å². The number of ether oxygens (including phenoxy) is 2. The van der Waals surface area contributed by atoms with E-state index in [1.807, 2.05) is 6.92 Å². The van der Waals surface area contributed by atoms with Gasteiger partial charge in [0.15, 0.2) is 0 Å². The van der Waals surface area contributed by atoms with Crippen molar-refractivity contribution < 1.29 is 14.6 Å². The number of aliphatic hydroxyl groups excluding tert-OH is 1. The molecule has 2 rings (SSSR count). The van der Waals surface area contributed by atoms with E-state index in [0.717, 1.165) is 43.0 Å². The highest BCUT2D eigenvalue weighted by Crippen LogP contribution is 2.35. The lowest BCUT2D eigenvalue weighted by Crippen LogP contribution is -2.21. The molecule has 118 valence electrons. The molecule has 4 nitrogen and oxygen atoms in total. The Kier molecular flexibility index (Phi) is 5.88. The quantitative estimate of drug-likeness (QED) is 0.773. The molecule has 1 aromatic carbocycles. The zero-order valence-corrected chi connectivity index (χ0v) is 13.3. The summed E-state index contributed by atoms with van der Waals surface area (Å²) in [5.74, 6) is 2.42. The van der Waals surface area contributed by atoms with Crippen molar-refractivity contribution in [2.24, 2.45) is 5.92 Å². The maximum atomic E-state index is 8.93. The van der Waals surface area contributed by atoms with Gasteiger partial charge in [-0.05, 0) is 44.9 Å². The fraction of sp³-hybridized carbons (Fsp3) is 0.647. The van der Waals surface area contributed by atoms with E-state index >= 15 is 0 Å². The first-order chi connectivity index (χ1) is 10.1. The molecule has 0 bridgehead atoms. The summed E-state index contributed by atoms with van der Waals surface area (Å²) in [6.07, 6.45) is 2.04. The molecule has 4 heteroatoms. The van der Waals surface area contributed by atoms with Gasteiger partial charge >= 0.3 is 0 Å². The zero-order valence-electron chi connectivity index (χ0n) is 13.3. The van der Waals surface area contributed by atoms with Crippen LogP contribution in [0.5, 0.6) is 11.5 Å². The van der Waals surface area contributed by atoms with Crippen LogP contribution in [0.25, 0.3) is 0 Å². The third-order valence-corrected chi connectivity index (χ3v) is 3.81. The minimum absolute atomic E-state index is 0.248. The van der Waals surface area contributed by atoms with Crippen molar-refractivity contribution in [3.8, 4) is 11.5 Å². The van der Waals surface area contributed by atoms with E-state index in [1.54, 1.807) is 0 Å². The summed E-state index contributed by atoms with van der Waals surface area (Å²) in [7, 11) is 0. The third-order valence-electron chi connectivity index (χ3n) is 3.81. The number of nitrogens with one attached hydrogen (secondary N) is 1. The lowest BCUT2D eigenvalue weighted by Gasteiger charge is -2.15. The normalized spacial score (nSPS) is 18.2. The molecule has 0 amide bonds. The van der Waals surface area contributed by atoms with E-state index < -0.39 is 0 Å². The van der Waals surface area contributed by atoms with Crippen molar-refractivity contribution in [2.75, 3.05) is 19.8 Å². The van der Waals surface area contributed by atoms with Crippen LogP contribution in [0.3, 0.4) is 0 Å². The Hall–Kier alpha value is -1.26. The lowest BCUT2D eigenvalue weighted by atomic mass is 10.1. The van der Waals surface area contributed by atoms with Gasteiger partial charge in [-0.2, -0.15) is 0 Å². The highest BCUT2D eigenvalue weighted by molar-refractivity contribution is 5.48. The van der Waals surface area contributed by atoms with Gasteiger partial charge in [0.1, 0.15) is 17.6 Å². The van der Waals surface area contributed by atoms with Crippen molar-refractivity contribution >= 4 is 0 Å². The van der Waals surface area contributed by atoms with E-state index in [0.29, 0.717) is 12.5 Å². The molecular formula is C17H27NO3. The summed E-state index contributed by atoms with van der Waals surface area (Å²) < 4.78 is 11.6. The molecule has 21 heavy (non-hydrogen) atoms. The van der Waals surface area contributed by atoms with E-state index in [1.165, 1.54) is 5.56 Å². The van der Waals surface area contributed by atoms with Gasteiger partial charge in [0, 0.05) is 30.7 Å². The Bertz CT molecular complexity index is 462. The number of hydrogen-bond acceptors (Lipinski definition) is 4. The van der Waals surface area contributed by atoms with Crippen molar-refractivity contribution in [2.45, 2.75) is 46.3 Å². The van der Waals surface area contributed by atoms with Gasteiger partial charge in [-0.25, -0.2) is 0 Å². The van der Waals surface area contributed by atoms with Crippen LogP contribution >= 0.6 is 0 Å². The molecule has 0 spiro atoms. The van der Waals surface area contributed by atoms with E-state index in [2.05, 4.69) is 31.3 Å². The third kappa shape index (κ3) is 4.35. The molecule has 0 fully saturated rings. The molecule has 0 saturated carbocycles. The highest BCUT2D eigenvalue weighted by atomic mass is 16.5. The van der Waals surface area contributed by atoms with E-state index in [4.69, 9.17) is 14.6 Å². The Morgan fingerprint density at radius 3 is 3.00 bits per heavy atom. The van der Waals surface area contributed by atoms with Crippen LogP contribution in [0.4, 0.5) is 0 Å². The minimum Gasteiger partial charge on any atom is -0.494 e. The van der Waals surface area contributed by atoms with Crippen molar-refractivity contribution in [3.63, 3.8) is 0 Å². The fourth-order valence-electron chi connectivity index (χ4n) is 2.69. The van der Waals surface area contributed by atoms with Gasteiger partial charge in [0.25, 0.3) is 0 Å². The summed E-state index contributed by atoms with van der Waals surface area (Å²) in [6.45, 7) is 8.80. The largest absolute Gasteiger partial charge is 0.494 e. The first-order valence-electron chi connectivity index (χ1n) is 7.90. The molecule has 1 heterocycles. The Labute approximate surface area is 127 Å². The number of rotatable bonds is 8. The van der Waals surface area contributed by atoms with Gasteiger partial charge in [0.05, 0.1) is 6.61 Å². The second-order valence-corrected chi connectivity index (χ2v) is 5.88. The Morgan fingerprint density at radius 2 is 2.29 bits per heavy atom. The summed E-state index contributed by atoms with van der Waals surface area (Å²) >= 11 is 0. The summed E-state index contributed by atoms with van der Waals surface area (Å²) in [6, 6.07) is 4.23. The molecular weight excluding hydrogens is 266 g/mol. The Morgan fingerprint density at radius 1 is 1.48 bits per heavy atom. The van der Waals surface area contributed by atoms with Crippen LogP contribution in [0, 0.1) is 5.92 Å². The molecule has 2 N–H and O–H groups in total. The van der Waals surface area contributed by atoms with Gasteiger partial charge in [-0.15, -0.1) is 0 Å². The SMILES string of the molecule is CCOc1cc2c(cc1CNCC(C)CCO)OC(C)C2. The van der Waals surface area contributed by atoms with Crippen LogP contribution in [0.1, 0.15) is 38.3 Å². The molecule has 2 unspecified atom stereocenters. The molecule has 0 aliphatic carbocycles. The molecule has 0 saturated heterocycles. The van der Waals surface area contributed by atoms with Gasteiger partial charge in [-0.3, -0.25) is 0 Å². The monoisotopic (exact) mass is 293 g/mol. The minimum atomic E-state index is 0.248.